The third-order valence-corrected chi connectivity index (χ3v) is 7.08. The smallest absolute Gasteiger partial charge is 0.232 e. The van der Waals surface area contributed by atoms with Gasteiger partial charge in [0.05, 0.1) is 24.1 Å². The number of carbonyl (C=O) groups is 1. The maximum absolute atomic E-state index is 12.3. The van der Waals surface area contributed by atoms with E-state index in [0.29, 0.717) is 6.54 Å². The van der Waals surface area contributed by atoms with Crippen molar-refractivity contribution in [2.75, 3.05) is 22.4 Å². The van der Waals surface area contributed by atoms with Crippen LogP contribution in [0.25, 0.3) is 11.3 Å². The highest BCUT2D eigenvalue weighted by molar-refractivity contribution is 7.92. The molecule has 2 aromatic carbocycles. The summed E-state index contributed by atoms with van der Waals surface area (Å²) in [7, 11) is -3.28. The molecule has 8 heteroatoms. The molecular weight excluding hydrogens is 418 g/mol. The van der Waals surface area contributed by atoms with Crippen LogP contribution in [0.5, 0.6) is 0 Å². The van der Waals surface area contributed by atoms with E-state index in [1.54, 1.807) is 0 Å². The fourth-order valence-electron chi connectivity index (χ4n) is 3.57. The van der Waals surface area contributed by atoms with Crippen molar-refractivity contribution in [2.45, 2.75) is 26.2 Å². The molecular formula is C22H23N3O3S2. The number of rotatable bonds is 5. The molecule has 6 nitrogen and oxygen atoms in total. The van der Waals surface area contributed by atoms with Gasteiger partial charge in [-0.05, 0) is 49.6 Å². The second kappa shape index (κ2) is 8.20. The van der Waals surface area contributed by atoms with Gasteiger partial charge in [-0.25, -0.2) is 13.4 Å². The lowest BCUT2D eigenvalue weighted by Crippen LogP contribution is -2.34. The van der Waals surface area contributed by atoms with Gasteiger partial charge in [0, 0.05) is 23.2 Å². The highest BCUT2D eigenvalue weighted by Gasteiger charge is 2.24. The van der Waals surface area contributed by atoms with Gasteiger partial charge in [0.25, 0.3) is 0 Å². The van der Waals surface area contributed by atoms with Crippen molar-refractivity contribution in [2.24, 2.45) is 0 Å². The van der Waals surface area contributed by atoms with E-state index in [1.165, 1.54) is 21.9 Å². The number of aromatic nitrogens is 1. The van der Waals surface area contributed by atoms with Gasteiger partial charge in [-0.1, -0.05) is 23.8 Å². The lowest BCUT2D eigenvalue weighted by molar-refractivity contribution is -0.115. The molecule has 3 aromatic rings. The van der Waals surface area contributed by atoms with Gasteiger partial charge in [0.2, 0.25) is 15.9 Å². The summed E-state index contributed by atoms with van der Waals surface area (Å²) in [6.45, 7) is 2.52. The molecule has 1 aromatic heterocycles. The predicted octanol–water partition coefficient (Wildman–Crippen LogP) is 4.01. The zero-order valence-corrected chi connectivity index (χ0v) is 18.5. The number of nitrogens with one attached hydrogen (secondary N) is 1. The van der Waals surface area contributed by atoms with Crippen molar-refractivity contribution >= 4 is 38.6 Å². The summed E-state index contributed by atoms with van der Waals surface area (Å²) in [4.78, 5) is 16.9. The molecule has 0 saturated carbocycles. The molecule has 2 heterocycles. The number of fused-ring (bicyclic) bond motifs is 1. The number of hydrogen-bond acceptors (Lipinski definition) is 5. The Morgan fingerprint density at radius 1 is 1.20 bits per heavy atom. The Hall–Kier alpha value is -2.71. The van der Waals surface area contributed by atoms with Crippen LogP contribution in [-0.4, -0.2) is 32.1 Å². The molecule has 1 N–H and O–H groups in total. The minimum atomic E-state index is -3.28. The molecule has 1 amide bonds. The summed E-state index contributed by atoms with van der Waals surface area (Å²) >= 11 is 1.45. The molecule has 1 aliphatic heterocycles. The Balaban J connectivity index is 1.49. The molecule has 4 rings (SSSR count). The Bertz CT molecular complexity index is 1180. The van der Waals surface area contributed by atoms with Crippen LogP contribution in [0, 0.1) is 6.92 Å². The van der Waals surface area contributed by atoms with Gasteiger partial charge < -0.3 is 5.32 Å². The SMILES string of the molecule is Cc1ccc(NC(=O)Cc2nc(-c3ccc4c(c3)CCCN4S(C)(=O)=O)cs2)cc1. The lowest BCUT2D eigenvalue weighted by atomic mass is 10.00. The predicted molar refractivity (Wildman–Crippen MR) is 122 cm³/mol. The molecule has 0 saturated heterocycles. The number of nitrogens with zero attached hydrogens (tertiary/aromatic N) is 2. The Labute approximate surface area is 180 Å². The number of thiazole rings is 1. The minimum absolute atomic E-state index is 0.103. The fraction of sp³-hybridized carbons (Fsp3) is 0.273. The van der Waals surface area contributed by atoms with Gasteiger partial charge in [-0.3, -0.25) is 9.10 Å². The highest BCUT2D eigenvalue weighted by Crippen LogP contribution is 2.33. The summed E-state index contributed by atoms with van der Waals surface area (Å²) in [5.41, 5.74) is 5.41. The van der Waals surface area contributed by atoms with E-state index in [4.69, 9.17) is 0 Å². The van der Waals surface area contributed by atoms with Crippen LogP contribution >= 0.6 is 11.3 Å². The molecule has 0 aliphatic carbocycles. The number of carbonyl (C=O) groups excluding carboxylic acids is 1. The van der Waals surface area contributed by atoms with Gasteiger partial charge >= 0.3 is 0 Å². The van der Waals surface area contributed by atoms with Crippen LogP contribution in [0.15, 0.2) is 47.8 Å². The lowest BCUT2D eigenvalue weighted by Gasteiger charge is -2.29. The fourth-order valence-corrected chi connectivity index (χ4v) is 5.37. The third kappa shape index (κ3) is 4.55. The molecule has 156 valence electrons. The molecule has 1 aliphatic rings. The molecule has 0 spiro atoms. The number of amides is 1. The third-order valence-electron chi connectivity index (χ3n) is 5.05. The first kappa shape index (κ1) is 20.6. The van der Waals surface area contributed by atoms with Crippen LogP contribution in [-0.2, 0) is 27.7 Å². The number of hydrogen-bond donors (Lipinski definition) is 1. The molecule has 0 unspecified atom stereocenters. The van der Waals surface area contributed by atoms with E-state index in [2.05, 4.69) is 10.3 Å². The number of anilines is 2. The number of aryl methyl sites for hydroxylation is 2. The van der Waals surface area contributed by atoms with Crippen LogP contribution in [0.1, 0.15) is 22.6 Å². The van der Waals surface area contributed by atoms with Crippen LogP contribution in [0.2, 0.25) is 0 Å². The first-order chi connectivity index (χ1) is 14.3. The molecule has 0 bridgehead atoms. The second-order valence-corrected chi connectivity index (χ2v) is 10.3. The van der Waals surface area contributed by atoms with Crippen LogP contribution in [0.3, 0.4) is 0 Å². The Morgan fingerprint density at radius 3 is 2.70 bits per heavy atom. The summed E-state index contributed by atoms with van der Waals surface area (Å²) in [6.07, 6.45) is 3.09. The minimum Gasteiger partial charge on any atom is -0.326 e. The maximum Gasteiger partial charge on any atom is 0.232 e. The van der Waals surface area contributed by atoms with E-state index in [1.807, 2.05) is 54.8 Å². The first-order valence-electron chi connectivity index (χ1n) is 9.71. The maximum atomic E-state index is 12.3. The molecule has 30 heavy (non-hydrogen) atoms. The van der Waals surface area contributed by atoms with Crippen molar-refractivity contribution in [1.82, 2.24) is 4.98 Å². The summed E-state index contributed by atoms with van der Waals surface area (Å²) in [5, 5.41) is 5.57. The van der Waals surface area contributed by atoms with Crippen molar-refractivity contribution in [3.63, 3.8) is 0 Å². The monoisotopic (exact) mass is 441 g/mol. The zero-order valence-electron chi connectivity index (χ0n) is 16.9. The van der Waals surface area contributed by atoms with Crippen molar-refractivity contribution < 1.29 is 13.2 Å². The quantitative estimate of drug-likeness (QED) is 0.649. The van der Waals surface area contributed by atoms with Gasteiger partial charge in [-0.15, -0.1) is 11.3 Å². The van der Waals surface area contributed by atoms with E-state index >= 15 is 0 Å². The van der Waals surface area contributed by atoms with Crippen molar-refractivity contribution in [3.8, 4) is 11.3 Å². The summed E-state index contributed by atoms with van der Waals surface area (Å²) < 4.78 is 25.5. The largest absolute Gasteiger partial charge is 0.326 e. The topological polar surface area (TPSA) is 79.4 Å². The Morgan fingerprint density at radius 2 is 1.97 bits per heavy atom. The average molecular weight is 442 g/mol. The molecule has 0 radical (unpaired) electrons. The highest BCUT2D eigenvalue weighted by atomic mass is 32.2. The zero-order chi connectivity index (χ0) is 21.3. The second-order valence-electron chi connectivity index (χ2n) is 7.50. The molecule has 0 atom stereocenters. The average Bonchev–Trinajstić information content (AvgIpc) is 3.16. The summed E-state index contributed by atoms with van der Waals surface area (Å²) in [5.74, 6) is -0.103. The van der Waals surface area contributed by atoms with Gasteiger partial charge in [-0.2, -0.15) is 0 Å². The van der Waals surface area contributed by atoms with Gasteiger partial charge in [0.1, 0.15) is 5.01 Å². The normalized spacial score (nSPS) is 13.7. The summed E-state index contributed by atoms with van der Waals surface area (Å²) in [6, 6.07) is 13.4. The van der Waals surface area contributed by atoms with E-state index in [-0.39, 0.29) is 12.3 Å². The van der Waals surface area contributed by atoms with Crippen LogP contribution in [0.4, 0.5) is 11.4 Å². The van der Waals surface area contributed by atoms with Gasteiger partial charge in [0.15, 0.2) is 0 Å². The standard InChI is InChI=1S/C22H23N3O3S2/c1-15-5-8-18(9-6-15)23-21(26)13-22-24-19(14-29-22)16-7-10-20-17(12-16)4-3-11-25(20)30(2,27)28/h5-10,12,14H,3-4,11,13H2,1-2H3,(H,23,26). The Kier molecular flexibility index (Phi) is 5.62. The van der Waals surface area contributed by atoms with E-state index in [0.717, 1.165) is 51.6 Å². The van der Waals surface area contributed by atoms with Crippen LogP contribution < -0.4 is 9.62 Å². The molecule has 0 fully saturated rings. The number of sulfonamides is 1. The number of benzene rings is 2. The van der Waals surface area contributed by atoms with E-state index in [9.17, 15) is 13.2 Å². The first-order valence-corrected chi connectivity index (χ1v) is 12.4. The van der Waals surface area contributed by atoms with E-state index < -0.39 is 10.0 Å². The van der Waals surface area contributed by atoms with Crippen molar-refractivity contribution in [1.29, 1.82) is 0 Å². The van der Waals surface area contributed by atoms with Crippen molar-refractivity contribution in [3.05, 3.63) is 64.0 Å².